The van der Waals surface area contributed by atoms with Crippen molar-refractivity contribution >= 4 is 6.29 Å². The van der Waals surface area contributed by atoms with Gasteiger partial charge in [-0.25, -0.2) is 0 Å². The van der Waals surface area contributed by atoms with E-state index in [1.54, 1.807) is 17.1 Å². The van der Waals surface area contributed by atoms with E-state index in [9.17, 15) is 4.79 Å². The van der Waals surface area contributed by atoms with Crippen LogP contribution in [0.5, 0.6) is 0 Å². The summed E-state index contributed by atoms with van der Waals surface area (Å²) in [7, 11) is 0. The van der Waals surface area contributed by atoms with E-state index in [0.717, 1.165) is 12.0 Å². The first-order valence-electron chi connectivity index (χ1n) is 5.18. The Hall–Kier alpha value is -1.97. The molecule has 0 aliphatic carbocycles. The zero-order valence-corrected chi connectivity index (χ0v) is 9.29. The Kier molecular flexibility index (Phi) is 2.81. The zero-order valence-electron chi connectivity index (χ0n) is 9.29. The molecule has 0 saturated heterocycles. The minimum Gasteiger partial charge on any atom is -0.298 e. The van der Waals surface area contributed by atoms with Crippen LogP contribution in [0.3, 0.4) is 0 Å². The lowest BCUT2D eigenvalue weighted by atomic mass is 10.2. The third-order valence-electron chi connectivity index (χ3n) is 2.32. The summed E-state index contributed by atoms with van der Waals surface area (Å²) in [6, 6.07) is 5.80. The largest absolute Gasteiger partial charge is 0.298 e. The lowest BCUT2D eigenvalue weighted by molar-refractivity contribution is 0.112. The molecule has 0 N–H and O–H groups in total. The summed E-state index contributed by atoms with van der Waals surface area (Å²) in [5.74, 6) is 0. The number of hydrogen-bond donors (Lipinski definition) is 0. The summed E-state index contributed by atoms with van der Waals surface area (Å²) >= 11 is 0. The van der Waals surface area contributed by atoms with E-state index in [0.29, 0.717) is 11.3 Å². The fourth-order valence-corrected chi connectivity index (χ4v) is 1.46. The van der Waals surface area contributed by atoms with Crippen LogP contribution in [0, 0.1) is 0 Å². The van der Waals surface area contributed by atoms with Gasteiger partial charge in [0.1, 0.15) is 5.69 Å². The van der Waals surface area contributed by atoms with Crippen LogP contribution in [-0.2, 0) is 0 Å². The summed E-state index contributed by atoms with van der Waals surface area (Å²) in [4.78, 5) is 15.2. The molecule has 0 amide bonds. The van der Waals surface area contributed by atoms with E-state index in [-0.39, 0.29) is 6.04 Å². The fourth-order valence-electron chi connectivity index (χ4n) is 1.46. The van der Waals surface area contributed by atoms with Gasteiger partial charge in [-0.15, -0.1) is 0 Å². The Morgan fingerprint density at radius 2 is 2.19 bits per heavy atom. The first-order valence-corrected chi connectivity index (χ1v) is 5.18. The predicted molar refractivity (Wildman–Crippen MR) is 61.2 cm³/mol. The second kappa shape index (κ2) is 4.26. The molecule has 0 unspecified atom stereocenters. The number of carbonyl (C=O) groups excluding carboxylic acids is 1. The van der Waals surface area contributed by atoms with Crippen molar-refractivity contribution in [1.29, 1.82) is 0 Å². The highest BCUT2D eigenvalue weighted by Crippen LogP contribution is 2.19. The molecule has 0 saturated carbocycles. The first kappa shape index (κ1) is 10.5. The minimum absolute atomic E-state index is 0.233. The molecule has 0 bridgehead atoms. The standard InChI is InChI=1S/C12H13N3O/c1-9(2)15-7-10(8-16)12(14-15)11-5-3-4-6-13-11/h3-9H,1-2H3. The Bertz CT molecular complexity index is 488. The molecular weight excluding hydrogens is 202 g/mol. The smallest absolute Gasteiger partial charge is 0.153 e. The van der Waals surface area contributed by atoms with Gasteiger partial charge in [0.2, 0.25) is 0 Å². The maximum absolute atomic E-state index is 11.0. The van der Waals surface area contributed by atoms with E-state index >= 15 is 0 Å². The monoisotopic (exact) mass is 215 g/mol. The van der Waals surface area contributed by atoms with Crippen molar-refractivity contribution in [3.63, 3.8) is 0 Å². The van der Waals surface area contributed by atoms with Crippen molar-refractivity contribution in [2.24, 2.45) is 0 Å². The molecule has 82 valence electrons. The average molecular weight is 215 g/mol. The second-order valence-corrected chi connectivity index (χ2v) is 3.84. The molecule has 0 spiro atoms. The lowest BCUT2D eigenvalue weighted by Gasteiger charge is -2.03. The highest BCUT2D eigenvalue weighted by atomic mass is 16.1. The Morgan fingerprint density at radius 3 is 2.75 bits per heavy atom. The van der Waals surface area contributed by atoms with Crippen LogP contribution in [0.15, 0.2) is 30.6 Å². The van der Waals surface area contributed by atoms with Gasteiger partial charge in [0.05, 0.1) is 11.3 Å². The molecule has 0 aliphatic rings. The van der Waals surface area contributed by atoms with Crippen LogP contribution in [0.4, 0.5) is 0 Å². The van der Waals surface area contributed by atoms with Crippen molar-refractivity contribution in [1.82, 2.24) is 14.8 Å². The van der Waals surface area contributed by atoms with Crippen molar-refractivity contribution in [3.8, 4) is 11.4 Å². The predicted octanol–water partition coefficient (Wildman–Crippen LogP) is 2.34. The Labute approximate surface area is 93.9 Å². The molecule has 2 heterocycles. The molecule has 0 aromatic carbocycles. The molecular formula is C12H13N3O. The molecule has 2 aromatic rings. The third-order valence-corrected chi connectivity index (χ3v) is 2.32. The summed E-state index contributed by atoms with van der Waals surface area (Å²) in [5.41, 5.74) is 1.95. The SMILES string of the molecule is CC(C)n1cc(C=O)c(-c2ccccn2)n1. The molecule has 4 heteroatoms. The number of pyridine rings is 1. The minimum atomic E-state index is 0.233. The maximum Gasteiger partial charge on any atom is 0.153 e. The molecule has 0 aliphatic heterocycles. The van der Waals surface area contributed by atoms with Gasteiger partial charge in [0.25, 0.3) is 0 Å². The van der Waals surface area contributed by atoms with E-state index in [1.807, 2.05) is 32.0 Å². The molecule has 2 rings (SSSR count). The quantitative estimate of drug-likeness (QED) is 0.738. The molecule has 0 atom stereocenters. The van der Waals surface area contributed by atoms with Gasteiger partial charge in [-0.05, 0) is 26.0 Å². The number of carbonyl (C=O) groups is 1. The number of aromatic nitrogens is 3. The highest BCUT2D eigenvalue weighted by molar-refractivity contribution is 5.84. The van der Waals surface area contributed by atoms with E-state index in [2.05, 4.69) is 10.1 Å². The molecule has 0 fully saturated rings. The zero-order chi connectivity index (χ0) is 11.5. The number of hydrogen-bond acceptors (Lipinski definition) is 3. The van der Waals surface area contributed by atoms with Crippen LogP contribution >= 0.6 is 0 Å². The topological polar surface area (TPSA) is 47.8 Å². The summed E-state index contributed by atoms with van der Waals surface area (Å²) in [5, 5.41) is 4.37. The lowest BCUT2D eigenvalue weighted by Crippen LogP contribution is -2.00. The summed E-state index contributed by atoms with van der Waals surface area (Å²) in [6.07, 6.45) is 4.26. The van der Waals surface area contributed by atoms with Crippen molar-refractivity contribution in [2.75, 3.05) is 0 Å². The maximum atomic E-state index is 11.0. The first-order chi connectivity index (χ1) is 7.72. The van der Waals surface area contributed by atoms with E-state index < -0.39 is 0 Å². The van der Waals surface area contributed by atoms with E-state index in [4.69, 9.17) is 0 Å². The average Bonchev–Trinajstić information content (AvgIpc) is 2.74. The van der Waals surface area contributed by atoms with Crippen molar-refractivity contribution in [3.05, 3.63) is 36.2 Å². The van der Waals surface area contributed by atoms with Crippen LogP contribution in [0.1, 0.15) is 30.2 Å². The van der Waals surface area contributed by atoms with Gasteiger partial charge in [-0.3, -0.25) is 14.5 Å². The fraction of sp³-hybridized carbons (Fsp3) is 0.250. The van der Waals surface area contributed by atoms with E-state index in [1.165, 1.54) is 0 Å². The third kappa shape index (κ3) is 1.86. The van der Waals surface area contributed by atoms with Gasteiger partial charge >= 0.3 is 0 Å². The number of aldehydes is 1. The van der Waals surface area contributed by atoms with Crippen LogP contribution in [0.25, 0.3) is 11.4 Å². The normalized spacial score (nSPS) is 10.7. The number of rotatable bonds is 3. The number of nitrogens with zero attached hydrogens (tertiary/aromatic N) is 3. The van der Waals surface area contributed by atoms with Gasteiger partial charge < -0.3 is 0 Å². The van der Waals surface area contributed by atoms with Gasteiger partial charge in [-0.1, -0.05) is 6.07 Å². The highest BCUT2D eigenvalue weighted by Gasteiger charge is 2.12. The van der Waals surface area contributed by atoms with Crippen molar-refractivity contribution in [2.45, 2.75) is 19.9 Å². The van der Waals surface area contributed by atoms with Crippen LogP contribution in [-0.4, -0.2) is 21.1 Å². The van der Waals surface area contributed by atoms with Gasteiger partial charge in [0.15, 0.2) is 6.29 Å². The molecule has 16 heavy (non-hydrogen) atoms. The van der Waals surface area contributed by atoms with Crippen molar-refractivity contribution < 1.29 is 4.79 Å². The second-order valence-electron chi connectivity index (χ2n) is 3.84. The van der Waals surface area contributed by atoms with Gasteiger partial charge in [-0.2, -0.15) is 5.10 Å². The Balaban J connectivity index is 2.52. The van der Waals surface area contributed by atoms with Crippen LogP contribution < -0.4 is 0 Å². The molecule has 0 radical (unpaired) electrons. The van der Waals surface area contributed by atoms with Crippen LogP contribution in [0.2, 0.25) is 0 Å². The summed E-state index contributed by atoms with van der Waals surface area (Å²) in [6.45, 7) is 4.04. The summed E-state index contributed by atoms with van der Waals surface area (Å²) < 4.78 is 1.77. The Morgan fingerprint density at radius 1 is 1.38 bits per heavy atom. The van der Waals surface area contributed by atoms with Gasteiger partial charge in [0, 0.05) is 18.4 Å². The molecule has 2 aromatic heterocycles. The molecule has 4 nitrogen and oxygen atoms in total.